The molecule has 16 heavy (non-hydrogen) atoms. The van der Waals surface area contributed by atoms with Crippen LogP contribution in [0.1, 0.15) is 32.8 Å². The number of nitrogen functional groups attached to an aromatic ring is 1. The Bertz CT molecular complexity index is 320. The maximum Gasteiger partial charge on any atom is 0.0317 e. The molecule has 0 aromatic heterocycles. The Morgan fingerprint density at radius 1 is 1.25 bits per heavy atom. The van der Waals surface area contributed by atoms with Gasteiger partial charge in [0.05, 0.1) is 0 Å². The second-order valence-corrected chi connectivity index (χ2v) is 5.14. The summed E-state index contributed by atoms with van der Waals surface area (Å²) in [6.07, 6.45) is 1.23. The van der Waals surface area contributed by atoms with Crippen LogP contribution in [0.5, 0.6) is 0 Å². The summed E-state index contributed by atoms with van der Waals surface area (Å²) in [5, 5.41) is 0. The molecular formula is C14H24N2. The summed E-state index contributed by atoms with van der Waals surface area (Å²) in [6.45, 7) is 7.79. The smallest absolute Gasteiger partial charge is 0.0317 e. The lowest BCUT2D eigenvalue weighted by atomic mass is 10.0. The van der Waals surface area contributed by atoms with Crippen LogP contribution >= 0.6 is 0 Å². The fraction of sp³-hybridized carbons (Fsp3) is 0.571. The molecule has 2 heteroatoms. The molecule has 1 atom stereocenters. The fourth-order valence-corrected chi connectivity index (χ4v) is 2.00. The summed E-state index contributed by atoms with van der Waals surface area (Å²) >= 11 is 0. The Morgan fingerprint density at radius 3 is 2.50 bits per heavy atom. The molecule has 1 rings (SSSR count). The minimum absolute atomic E-state index is 0.612. The van der Waals surface area contributed by atoms with Crippen molar-refractivity contribution in [1.29, 1.82) is 0 Å². The number of nitrogens with two attached hydrogens (primary N) is 1. The van der Waals surface area contributed by atoms with E-state index in [9.17, 15) is 0 Å². The maximum absolute atomic E-state index is 5.77. The van der Waals surface area contributed by atoms with Crippen LogP contribution in [-0.4, -0.2) is 18.0 Å². The first-order valence-corrected chi connectivity index (χ1v) is 6.03. The molecule has 0 aliphatic heterocycles. The molecular weight excluding hydrogens is 196 g/mol. The van der Waals surface area contributed by atoms with E-state index in [-0.39, 0.29) is 0 Å². The van der Waals surface area contributed by atoms with Gasteiger partial charge in [0, 0.05) is 18.3 Å². The number of benzene rings is 1. The number of anilines is 1. The van der Waals surface area contributed by atoms with Gasteiger partial charge in [-0.25, -0.2) is 0 Å². The largest absolute Gasteiger partial charge is 0.399 e. The van der Waals surface area contributed by atoms with E-state index >= 15 is 0 Å². The lowest BCUT2D eigenvalue weighted by Gasteiger charge is -2.26. The van der Waals surface area contributed by atoms with Crippen LogP contribution in [0.2, 0.25) is 0 Å². The molecule has 0 amide bonds. The van der Waals surface area contributed by atoms with Crippen molar-refractivity contribution >= 4 is 5.69 Å². The Labute approximate surface area is 99.5 Å². The summed E-state index contributed by atoms with van der Waals surface area (Å²) in [6, 6.07) is 8.75. The fourth-order valence-electron chi connectivity index (χ4n) is 2.00. The van der Waals surface area contributed by atoms with Crippen LogP contribution in [0, 0.1) is 5.92 Å². The van der Waals surface area contributed by atoms with Gasteiger partial charge in [0.2, 0.25) is 0 Å². The topological polar surface area (TPSA) is 29.3 Å². The quantitative estimate of drug-likeness (QED) is 0.772. The number of nitrogens with zero attached hydrogens (tertiary/aromatic N) is 1. The van der Waals surface area contributed by atoms with Gasteiger partial charge in [-0.05, 0) is 44.0 Å². The van der Waals surface area contributed by atoms with Gasteiger partial charge >= 0.3 is 0 Å². The van der Waals surface area contributed by atoms with Gasteiger partial charge in [0.25, 0.3) is 0 Å². The van der Waals surface area contributed by atoms with Gasteiger partial charge < -0.3 is 5.73 Å². The third-order valence-corrected chi connectivity index (χ3v) is 2.95. The van der Waals surface area contributed by atoms with E-state index < -0.39 is 0 Å². The lowest BCUT2D eigenvalue weighted by Crippen LogP contribution is -2.29. The molecule has 0 bridgehead atoms. The molecule has 0 aliphatic rings. The summed E-state index contributed by atoms with van der Waals surface area (Å²) in [7, 11) is 2.18. The first-order valence-electron chi connectivity index (χ1n) is 6.03. The van der Waals surface area contributed by atoms with Crippen molar-refractivity contribution < 1.29 is 0 Å². The standard InChI is InChI=1S/C14H24N2/c1-11(2)8-12(3)16(4)10-13-6-5-7-14(15)9-13/h5-7,9,11-12H,8,10,15H2,1-4H3. The molecule has 90 valence electrons. The molecule has 0 saturated heterocycles. The molecule has 0 fully saturated rings. The molecule has 0 spiro atoms. The molecule has 2 nitrogen and oxygen atoms in total. The summed E-state index contributed by atoms with van der Waals surface area (Å²) in [5.41, 5.74) is 7.91. The third kappa shape index (κ3) is 4.23. The van der Waals surface area contributed by atoms with Crippen molar-refractivity contribution in [3.05, 3.63) is 29.8 Å². The van der Waals surface area contributed by atoms with Crippen molar-refractivity contribution in [3.8, 4) is 0 Å². The number of hydrogen-bond acceptors (Lipinski definition) is 2. The van der Waals surface area contributed by atoms with E-state index in [2.05, 4.69) is 44.9 Å². The van der Waals surface area contributed by atoms with E-state index in [4.69, 9.17) is 5.73 Å². The third-order valence-electron chi connectivity index (χ3n) is 2.95. The molecule has 1 aromatic rings. The van der Waals surface area contributed by atoms with Crippen LogP contribution in [0.15, 0.2) is 24.3 Å². The molecule has 1 aromatic carbocycles. The summed E-state index contributed by atoms with van der Waals surface area (Å²) < 4.78 is 0. The van der Waals surface area contributed by atoms with Crippen LogP contribution in [-0.2, 0) is 6.54 Å². The Hall–Kier alpha value is -1.02. The van der Waals surface area contributed by atoms with E-state index in [0.717, 1.165) is 18.2 Å². The minimum Gasteiger partial charge on any atom is -0.399 e. The van der Waals surface area contributed by atoms with Crippen molar-refractivity contribution in [1.82, 2.24) is 4.90 Å². The Balaban J connectivity index is 2.53. The van der Waals surface area contributed by atoms with E-state index in [1.807, 2.05) is 12.1 Å². The monoisotopic (exact) mass is 220 g/mol. The van der Waals surface area contributed by atoms with Gasteiger partial charge in [-0.3, -0.25) is 4.90 Å². The van der Waals surface area contributed by atoms with Gasteiger partial charge in [0.1, 0.15) is 0 Å². The van der Waals surface area contributed by atoms with Gasteiger partial charge in [-0.2, -0.15) is 0 Å². The molecule has 1 unspecified atom stereocenters. The second-order valence-electron chi connectivity index (χ2n) is 5.14. The van der Waals surface area contributed by atoms with Crippen molar-refractivity contribution in [2.24, 2.45) is 5.92 Å². The van der Waals surface area contributed by atoms with Crippen LogP contribution < -0.4 is 5.73 Å². The lowest BCUT2D eigenvalue weighted by molar-refractivity contribution is 0.220. The number of hydrogen-bond donors (Lipinski definition) is 1. The van der Waals surface area contributed by atoms with Crippen LogP contribution in [0.3, 0.4) is 0 Å². The maximum atomic E-state index is 5.77. The second kappa shape index (κ2) is 5.90. The molecule has 0 aliphatic carbocycles. The SMILES string of the molecule is CC(C)CC(C)N(C)Cc1cccc(N)c1. The van der Waals surface area contributed by atoms with Gasteiger partial charge in [-0.15, -0.1) is 0 Å². The Morgan fingerprint density at radius 2 is 1.94 bits per heavy atom. The molecule has 2 N–H and O–H groups in total. The summed E-state index contributed by atoms with van der Waals surface area (Å²) in [5.74, 6) is 0.748. The highest BCUT2D eigenvalue weighted by Crippen LogP contribution is 2.14. The summed E-state index contributed by atoms with van der Waals surface area (Å²) in [4.78, 5) is 2.38. The first-order chi connectivity index (χ1) is 7.49. The normalized spacial score (nSPS) is 13.4. The van der Waals surface area contributed by atoms with Crippen molar-refractivity contribution in [2.45, 2.75) is 39.8 Å². The number of rotatable bonds is 5. The zero-order valence-electron chi connectivity index (χ0n) is 10.9. The first kappa shape index (κ1) is 13.0. The Kier molecular flexibility index (Phi) is 4.81. The highest BCUT2D eigenvalue weighted by atomic mass is 15.1. The zero-order valence-corrected chi connectivity index (χ0v) is 10.9. The van der Waals surface area contributed by atoms with Crippen molar-refractivity contribution in [3.63, 3.8) is 0 Å². The average molecular weight is 220 g/mol. The molecule has 0 saturated carbocycles. The van der Waals surface area contributed by atoms with Crippen molar-refractivity contribution in [2.75, 3.05) is 12.8 Å². The van der Waals surface area contributed by atoms with E-state index in [1.54, 1.807) is 0 Å². The minimum atomic E-state index is 0.612. The van der Waals surface area contributed by atoms with E-state index in [1.165, 1.54) is 12.0 Å². The molecule has 0 radical (unpaired) electrons. The van der Waals surface area contributed by atoms with Gasteiger partial charge in [-0.1, -0.05) is 26.0 Å². The van der Waals surface area contributed by atoms with Crippen LogP contribution in [0.25, 0.3) is 0 Å². The zero-order chi connectivity index (χ0) is 12.1. The molecule has 0 heterocycles. The highest BCUT2D eigenvalue weighted by Gasteiger charge is 2.11. The average Bonchev–Trinajstić information content (AvgIpc) is 2.16. The highest BCUT2D eigenvalue weighted by molar-refractivity contribution is 5.40. The predicted molar refractivity (Wildman–Crippen MR) is 71.2 cm³/mol. The predicted octanol–water partition coefficient (Wildman–Crippen LogP) is 3.14. The van der Waals surface area contributed by atoms with E-state index in [0.29, 0.717) is 6.04 Å². The van der Waals surface area contributed by atoms with Gasteiger partial charge in [0.15, 0.2) is 0 Å². The van der Waals surface area contributed by atoms with Crippen LogP contribution in [0.4, 0.5) is 5.69 Å².